The average Bonchev–Trinajstić information content (AvgIpc) is 2.48. The van der Waals surface area contributed by atoms with Crippen LogP contribution in [0.3, 0.4) is 0 Å². The fourth-order valence-electron chi connectivity index (χ4n) is 2.65. The zero-order valence-corrected chi connectivity index (χ0v) is 14.6. The summed E-state index contributed by atoms with van der Waals surface area (Å²) in [6.45, 7) is 8.50. The molecular formula is C19H24N2S. The molecule has 1 unspecified atom stereocenters. The van der Waals surface area contributed by atoms with E-state index >= 15 is 0 Å². The number of benzene rings is 2. The standard InChI is InChI=1S/C19H24N2S/c1-5-17(16-9-7-6-8-14(16)3)20-19(22)21-18-11-10-13(2)12-15(18)4/h6-12,17H,5H2,1-4H3,(H2,20,21,22). The lowest BCUT2D eigenvalue weighted by molar-refractivity contribution is 0.625. The molecule has 0 aliphatic heterocycles. The van der Waals surface area contributed by atoms with Crippen molar-refractivity contribution in [2.45, 2.75) is 40.2 Å². The molecular weight excluding hydrogens is 288 g/mol. The monoisotopic (exact) mass is 312 g/mol. The number of nitrogens with one attached hydrogen (secondary N) is 2. The molecule has 0 aromatic heterocycles. The molecule has 0 saturated carbocycles. The fourth-order valence-corrected chi connectivity index (χ4v) is 2.90. The molecule has 0 heterocycles. The maximum atomic E-state index is 5.49. The Morgan fingerprint density at radius 3 is 2.41 bits per heavy atom. The number of rotatable bonds is 4. The molecule has 3 heteroatoms. The molecule has 0 radical (unpaired) electrons. The van der Waals surface area contributed by atoms with Crippen molar-refractivity contribution in [3.8, 4) is 0 Å². The van der Waals surface area contributed by atoms with Crippen LogP contribution in [0.2, 0.25) is 0 Å². The van der Waals surface area contributed by atoms with E-state index in [-0.39, 0.29) is 6.04 Å². The van der Waals surface area contributed by atoms with Gasteiger partial charge < -0.3 is 10.6 Å². The second-order valence-corrected chi connectivity index (χ2v) is 6.14. The molecule has 2 N–H and O–H groups in total. The number of aryl methyl sites for hydroxylation is 3. The lowest BCUT2D eigenvalue weighted by Gasteiger charge is -2.22. The van der Waals surface area contributed by atoms with E-state index in [9.17, 15) is 0 Å². The maximum absolute atomic E-state index is 5.49. The highest BCUT2D eigenvalue weighted by Crippen LogP contribution is 2.21. The molecule has 2 nitrogen and oxygen atoms in total. The Morgan fingerprint density at radius 2 is 1.77 bits per heavy atom. The van der Waals surface area contributed by atoms with Gasteiger partial charge in [0.2, 0.25) is 0 Å². The Hall–Kier alpha value is -1.87. The van der Waals surface area contributed by atoms with Crippen LogP contribution in [0.25, 0.3) is 0 Å². The average molecular weight is 312 g/mol. The van der Waals surface area contributed by atoms with Crippen LogP contribution in [0.4, 0.5) is 5.69 Å². The summed E-state index contributed by atoms with van der Waals surface area (Å²) in [5.74, 6) is 0. The van der Waals surface area contributed by atoms with Gasteiger partial charge in [-0.15, -0.1) is 0 Å². The van der Waals surface area contributed by atoms with Crippen molar-refractivity contribution in [1.82, 2.24) is 5.32 Å². The predicted octanol–water partition coefficient (Wildman–Crippen LogP) is 5.05. The van der Waals surface area contributed by atoms with Gasteiger partial charge in [-0.1, -0.05) is 48.9 Å². The zero-order valence-electron chi connectivity index (χ0n) is 13.7. The third-order valence-electron chi connectivity index (χ3n) is 3.91. The van der Waals surface area contributed by atoms with Crippen molar-refractivity contribution in [3.63, 3.8) is 0 Å². The van der Waals surface area contributed by atoms with Crippen LogP contribution in [0, 0.1) is 20.8 Å². The number of thiocarbonyl (C=S) groups is 1. The Labute approximate surface area is 139 Å². The molecule has 0 aliphatic carbocycles. The van der Waals surface area contributed by atoms with E-state index in [4.69, 9.17) is 12.2 Å². The first-order chi connectivity index (χ1) is 10.5. The van der Waals surface area contributed by atoms with E-state index in [0.29, 0.717) is 5.11 Å². The van der Waals surface area contributed by atoms with E-state index in [0.717, 1.165) is 12.1 Å². The lowest BCUT2D eigenvalue weighted by atomic mass is 9.99. The molecule has 116 valence electrons. The van der Waals surface area contributed by atoms with E-state index in [1.165, 1.54) is 22.3 Å². The molecule has 2 rings (SSSR count). The number of anilines is 1. The minimum atomic E-state index is 0.229. The summed E-state index contributed by atoms with van der Waals surface area (Å²) >= 11 is 5.49. The quantitative estimate of drug-likeness (QED) is 0.773. The highest BCUT2D eigenvalue weighted by atomic mass is 32.1. The highest BCUT2D eigenvalue weighted by molar-refractivity contribution is 7.80. The number of hydrogen-bond acceptors (Lipinski definition) is 1. The molecule has 0 saturated heterocycles. The van der Waals surface area contributed by atoms with Gasteiger partial charge in [-0.05, 0) is 62.2 Å². The molecule has 22 heavy (non-hydrogen) atoms. The molecule has 0 fully saturated rings. The smallest absolute Gasteiger partial charge is 0.171 e. The van der Waals surface area contributed by atoms with Gasteiger partial charge in [-0.25, -0.2) is 0 Å². The van der Waals surface area contributed by atoms with Crippen LogP contribution in [-0.4, -0.2) is 5.11 Å². The minimum absolute atomic E-state index is 0.229. The van der Waals surface area contributed by atoms with E-state index < -0.39 is 0 Å². The van der Waals surface area contributed by atoms with Crippen LogP contribution < -0.4 is 10.6 Å². The molecule has 0 aliphatic rings. The molecule has 0 spiro atoms. The normalized spacial score (nSPS) is 11.8. The van der Waals surface area contributed by atoms with Crippen molar-refractivity contribution in [3.05, 3.63) is 64.7 Å². The summed E-state index contributed by atoms with van der Waals surface area (Å²) in [6, 6.07) is 15.0. The third kappa shape index (κ3) is 4.08. The Kier molecular flexibility index (Phi) is 5.56. The summed E-state index contributed by atoms with van der Waals surface area (Å²) in [7, 11) is 0. The van der Waals surface area contributed by atoms with Crippen molar-refractivity contribution in [2.75, 3.05) is 5.32 Å². The van der Waals surface area contributed by atoms with Gasteiger partial charge in [0.15, 0.2) is 5.11 Å². The zero-order chi connectivity index (χ0) is 16.1. The molecule has 1 atom stereocenters. The number of hydrogen-bond donors (Lipinski definition) is 2. The van der Waals surface area contributed by atoms with Crippen molar-refractivity contribution >= 4 is 23.0 Å². The lowest BCUT2D eigenvalue weighted by Crippen LogP contribution is -2.32. The summed E-state index contributed by atoms with van der Waals surface area (Å²) in [5.41, 5.74) is 6.11. The Balaban J connectivity index is 2.08. The van der Waals surface area contributed by atoms with Gasteiger partial charge in [0.25, 0.3) is 0 Å². The van der Waals surface area contributed by atoms with Crippen LogP contribution in [-0.2, 0) is 0 Å². The van der Waals surface area contributed by atoms with Crippen LogP contribution in [0.1, 0.15) is 41.6 Å². The van der Waals surface area contributed by atoms with Gasteiger partial charge in [0.1, 0.15) is 0 Å². The minimum Gasteiger partial charge on any atom is -0.356 e. The van der Waals surface area contributed by atoms with E-state index in [1.807, 2.05) is 0 Å². The van der Waals surface area contributed by atoms with Crippen LogP contribution in [0.15, 0.2) is 42.5 Å². The highest BCUT2D eigenvalue weighted by Gasteiger charge is 2.13. The first-order valence-corrected chi connectivity index (χ1v) is 8.12. The fraction of sp³-hybridized carbons (Fsp3) is 0.316. The molecule has 2 aromatic rings. The van der Waals surface area contributed by atoms with Crippen molar-refractivity contribution < 1.29 is 0 Å². The summed E-state index contributed by atoms with van der Waals surface area (Å²) in [6.07, 6.45) is 0.986. The predicted molar refractivity (Wildman–Crippen MR) is 99.5 cm³/mol. The van der Waals surface area contributed by atoms with E-state index in [2.05, 4.69) is 80.8 Å². The summed E-state index contributed by atoms with van der Waals surface area (Å²) < 4.78 is 0. The second-order valence-electron chi connectivity index (χ2n) is 5.73. The van der Waals surface area contributed by atoms with Crippen molar-refractivity contribution in [1.29, 1.82) is 0 Å². The van der Waals surface area contributed by atoms with Gasteiger partial charge in [0, 0.05) is 5.69 Å². The molecule has 2 aromatic carbocycles. The largest absolute Gasteiger partial charge is 0.356 e. The maximum Gasteiger partial charge on any atom is 0.171 e. The topological polar surface area (TPSA) is 24.1 Å². The van der Waals surface area contributed by atoms with Crippen LogP contribution >= 0.6 is 12.2 Å². The third-order valence-corrected chi connectivity index (χ3v) is 4.13. The SMILES string of the molecule is CCC(NC(=S)Nc1ccc(C)cc1C)c1ccccc1C. The Morgan fingerprint density at radius 1 is 1.05 bits per heavy atom. The first kappa shape index (κ1) is 16.5. The van der Waals surface area contributed by atoms with Gasteiger partial charge in [-0.3, -0.25) is 0 Å². The van der Waals surface area contributed by atoms with Gasteiger partial charge >= 0.3 is 0 Å². The second kappa shape index (κ2) is 7.41. The summed E-state index contributed by atoms with van der Waals surface area (Å²) in [5, 5.41) is 7.41. The van der Waals surface area contributed by atoms with Crippen molar-refractivity contribution in [2.24, 2.45) is 0 Å². The molecule has 0 bridgehead atoms. The van der Waals surface area contributed by atoms with Crippen LogP contribution in [0.5, 0.6) is 0 Å². The Bertz CT molecular complexity index is 664. The molecule has 0 amide bonds. The van der Waals surface area contributed by atoms with E-state index in [1.54, 1.807) is 0 Å². The van der Waals surface area contributed by atoms with Gasteiger partial charge in [0.05, 0.1) is 6.04 Å². The summed E-state index contributed by atoms with van der Waals surface area (Å²) in [4.78, 5) is 0. The first-order valence-electron chi connectivity index (χ1n) is 7.71. The van der Waals surface area contributed by atoms with Gasteiger partial charge in [-0.2, -0.15) is 0 Å².